The Morgan fingerprint density at radius 3 is 2.47 bits per heavy atom. The van der Waals surface area contributed by atoms with Crippen LogP contribution < -0.4 is 4.74 Å². The van der Waals surface area contributed by atoms with Crippen molar-refractivity contribution in [2.24, 2.45) is 0 Å². The lowest BCUT2D eigenvalue weighted by Crippen LogP contribution is -2.06. The van der Waals surface area contributed by atoms with Gasteiger partial charge in [0.15, 0.2) is 0 Å². The molecule has 0 heterocycles. The van der Waals surface area contributed by atoms with Crippen molar-refractivity contribution in [1.82, 2.24) is 0 Å². The Morgan fingerprint density at radius 2 is 2.06 bits per heavy atom. The summed E-state index contributed by atoms with van der Waals surface area (Å²) in [4.78, 5) is -0.587. The Balaban J connectivity index is 3.48. The molecule has 1 aromatic rings. The summed E-state index contributed by atoms with van der Waals surface area (Å²) in [5.74, 6) is -0.642. The van der Waals surface area contributed by atoms with E-state index in [1.807, 2.05) is 0 Å². The smallest absolute Gasteiger partial charge is 0.387 e. The summed E-state index contributed by atoms with van der Waals surface area (Å²) in [5.41, 5.74) is 0.332. The molecule has 0 atom stereocenters. The van der Waals surface area contributed by atoms with Gasteiger partial charge in [-0.1, -0.05) is 0 Å². The minimum Gasteiger partial charge on any atom is -0.433 e. The van der Waals surface area contributed by atoms with E-state index in [1.54, 1.807) is 6.07 Å². The highest BCUT2D eigenvalue weighted by Crippen LogP contribution is 2.31. The van der Waals surface area contributed by atoms with Crippen molar-refractivity contribution in [1.29, 1.82) is 5.26 Å². The van der Waals surface area contributed by atoms with Crippen LogP contribution in [0.2, 0.25) is 0 Å². The van der Waals surface area contributed by atoms with Gasteiger partial charge in [-0.15, -0.1) is 0 Å². The summed E-state index contributed by atoms with van der Waals surface area (Å²) in [7, 11) is 0.857. The van der Waals surface area contributed by atoms with Crippen LogP contribution in [0.15, 0.2) is 17.0 Å². The monoisotopic (exact) mass is 281 g/mol. The van der Waals surface area contributed by atoms with Gasteiger partial charge in [0, 0.05) is 10.7 Å². The SMILES string of the molecule is Cc1cc(S(=O)(=O)Cl)c(OC(F)F)cc1C#N. The fourth-order valence-corrected chi connectivity index (χ4v) is 2.19. The molecule has 0 saturated heterocycles. The van der Waals surface area contributed by atoms with Crippen LogP contribution in [0.4, 0.5) is 8.78 Å². The number of halogens is 3. The molecule has 0 fully saturated rings. The predicted octanol–water partition coefficient (Wildman–Crippen LogP) is 2.40. The molecule has 0 aromatic heterocycles. The van der Waals surface area contributed by atoms with E-state index in [0.29, 0.717) is 5.56 Å². The van der Waals surface area contributed by atoms with Gasteiger partial charge in [-0.3, -0.25) is 0 Å². The van der Waals surface area contributed by atoms with Gasteiger partial charge in [-0.2, -0.15) is 14.0 Å². The maximum Gasteiger partial charge on any atom is 0.387 e. The molecule has 17 heavy (non-hydrogen) atoms. The van der Waals surface area contributed by atoms with Crippen molar-refractivity contribution in [2.75, 3.05) is 0 Å². The molecule has 0 unspecified atom stereocenters. The molecule has 0 amide bonds. The minimum absolute atomic E-state index is 0.0321. The zero-order valence-corrected chi connectivity index (χ0v) is 10.0. The van der Waals surface area contributed by atoms with E-state index in [2.05, 4.69) is 4.74 Å². The van der Waals surface area contributed by atoms with Crippen LogP contribution >= 0.6 is 10.7 Å². The summed E-state index contributed by atoms with van der Waals surface area (Å²) < 4.78 is 50.5. The van der Waals surface area contributed by atoms with Gasteiger partial charge in [0.05, 0.1) is 11.6 Å². The normalized spacial score (nSPS) is 11.3. The van der Waals surface area contributed by atoms with Crippen molar-refractivity contribution in [3.8, 4) is 11.8 Å². The van der Waals surface area contributed by atoms with E-state index >= 15 is 0 Å². The van der Waals surface area contributed by atoms with Gasteiger partial charge in [0.2, 0.25) is 0 Å². The zero-order valence-electron chi connectivity index (χ0n) is 8.45. The number of nitriles is 1. The van der Waals surface area contributed by atoms with Gasteiger partial charge >= 0.3 is 6.61 Å². The van der Waals surface area contributed by atoms with Crippen LogP contribution in [-0.2, 0) is 9.05 Å². The average Bonchev–Trinajstić information content (AvgIpc) is 2.17. The van der Waals surface area contributed by atoms with Crippen molar-refractivity contribution < 1.29 is 21.9 Å². The minimum atomic E-state index is -4.22. The molecule has 1 rings (SSSR count). The summed E-state index contributed by atoms with van der Waals surface area (Å²) in [6.45, 7) is -1.75. The second kappa shape index (κ2) is 4.85. The summed E-state index contributed by atoms with van der Waals surface area (Å²) >= 11 is 0. The molecule has 0 radical (unpaired) electrons. The van der Waals surface area contributed by atoms with Crippen LogP contribution in [0, 0.1) is 18.3 Å². The molecule has 0 N–H and O–H groups in total. The van der Waals surface area contributed by atoms with Gasteiger partial charge in [0.25, 0.3) is 9.05 Å². The van der Waals surface area contributed by atoms with Crippen LogP contribution in [-0.4, -0.2) is 15.0 Å². The van der Waals surface area contributed by atoms with E-state index in [0.717, 1.165) is 12.1 Å². The third kappa shape index (κ3) is 3.28. The Labute approximate surface area is 101 Å². The van der Waals surface area contributed by atoms with E-state index in [1.165, 1.54) is 6.92 Å². The topological polar surface area (TPSA) is 67.2 Å². The van der Waals surface area contributed by atoms with Gasteiger partial charge < -0.3 is 4.74 Å². The summed E-state index contributed by atoms with van der Waals surface area (Å²) in [6, 6.07) is 3.65. The second-order valence-corrected chi connectivity index (χ2v) is 5.58. The van der Waals surface area contributed by atoms with Crippen LogP contribution in [0.25, 0.3) is 0 Å². The first-order valence-electron chi connectivity index (χ1n) is 4.20. The molecular weight excluding hydrogens is 276 g/mol. The highest BCUT2D eigenvalue weighted by Gasteiger charge is 2.21. The molecule has 0 spiro atoms. The number of hydrogen-bond acceptors (Lipinski definition) is 4. The molecule has 0 aliphatic carbocycles. The number of aryl methyl sites for hydroxylation is 1. The van der Waals surface area contributed by atoms with Crippen LogP contribution in [0.3, 0.4) is 0 Å². The Kier molecular flexibility index (Phi) is 3.91. The van der Waals surface area contributed by atoms with Gasteiger partial charge in [-0.25, -0.2) is 8.42 Å². The van der Waals surface area contributed by atoms with E-state index in [9.17, 15) is 17.2 Å². The molecule has 0 saturated carbocycles. The van der Waals surface area contributed by atoms with Crippen LogP contribution in [0.1, 0.15) is 11.1 Å². The number of hydrogen-bond donors (Lipinski definition) is 0. The lowest BCUT2D eigenvalue weighted by atomic mass is 10.1. The van der Waals surface area contributed by atoms with E-state index in [4.69, 9.17) is 15.9 Å². The lowest BCUT2D eigenvalue weighted by molar-refractivity contribution is -0.0517. The Bertz CT molecular complexity index is 581. The average molecular weight is 282 g/mol. The maximum atomic E-state index is 12.1. The molecular formula is C9H6ClF2NO3S. The third-order valence-electron chi connectivity index (χ3n) is 1.89. The summed E-state index contributed by atoms with van der Waals surface area (Å²) in [5, 5.41) is 8.70. The summed E-state index contributed by atoms with van der Waals surface area (Å²) in [6.07, 6.45) is 0. The number of alkyl halides is 2. The van der Waals surface area contributed by atoms with E-state index < -0.39 is 26.3 Å². The first kappa shape index (κ1) is 13.7. The molecule has 1 aromatic carbocycles. The Hall–Kier alpha value is -1.39. The highest BCUT2D eigenvalue weighted by atomic mass is 35.7. The molecule has 8 heteroatoms. The first-order chi connectivity index (χ1) is 7.75. The standard InChI is InChI=1S/C9H6ClF2NO3S/c1-5-2-8(17(10,14)15)7(16-9(11)12)3-6(5)4-13/h2-3,9H,1H3. The molecule has 92 valence electrons. The molecule has 0 bridgehead atoms. The number of rotatable bonds is 3. The quantitative estimate of drug-likeness (QED) is 0.798. The van der Waals surface area contributed by atoms with Gasteiger partial charge in [-0.05, 0) is 24.6 Å². The van der Waals surface area contributed by atoms with Crippen molar-refractivity contribution in [3.63, 3.8) is 0 Å². The number of nitrogens with zero attached hydrogens (tertiary/aromatic N) is 1. The molecule has 0 aliphatic rings. The number of benzene rings is 1. The fourth-order valence-electron chi connectivity index (χ4n) is 1.16. The number of ether oxygens (including phenoxy) is 1. The second-order valence-electron chi connectivity index (χ2n) is 3.04. The van der Waals surface area contributed by atoms with E-state index in [-0.39, 0.29) is 5.56 Å². The lowest BCUT2D eigenvalue weighted by Gasteiger charge is -2.10. The predicted molar refractivity (Wildman–Crippen MR) is 55.6 cm³/mol. The third-order valence-corrected chi connectivity index (χ3v) is 3.23. The zero-order chi connectivity index (χ0) is 13.2. The fraction of sp³-hybridized carbons (Fsp3) is 0.222. The van der Waals surface area contributed by atoms with Crippen molar-refractivity contribution >= 4 is 19.7 Å². The first-order valence-corrected chi connectivity index (χ1v) is 6.51. The van der Waals surface area contributed by atoms with Crippen LogP contribution in [0.5, 0.6) is 5.75 Å². The van der Waals surface area contributed by atoms with Gasteiger partial charge in [0.1, 0.15) is 10.6 Å². The maximum absolute atomic E-state index is 12.1. The highest BCUT2D eigenvalue weighted by molar-refractivity contribution is 8.13. The van der Waals surface area contributed by atoms with Crippen molar-refractivity contribution in [3.05, 3.63) is 23.3 Å². The molecule has 0 aliphatic heterocycles. The largest absolute Gasteiger partial charge is 0.433 e. The molecule has 4 nitrogen and oxygen atoms in total. The Morgan fingerprint density at radius 1 is 1.47 bits per heavy atom. The van der Waals surface area contributed by atoms with Crippen molar-refractivity contribution in [2.45, 2.75) is 18.4 Å².